The van der Waals surface area contributed by atoms with Gasteiger partial charge in [0, 0.05) is 42.8 Å². The summed E-state index contributed by atoms with van der Waals surface area (Å²) in [4.78, 5) is 0. The zero-order chi connectivity index (χ0) is 19.2. The summed E-state index contributed by atoms with van der Waals surface area (Å²) in [6, 6.07) is 8.23. The van der Waals surface area contributed by atoms with E-state index in [1.165, 1.54) is 28.2 Å². The molecule has 0 amide bonds. The molecule has 4 aromatic rings. The van der Waals surface area contributed by atoms with Crippen molar-refractivity contribution in [1.82, 2.24) is 9.13 Å². The monoisotopic (exact) mass is 370 g/mol. The quantitative estimate of drug-likeness (QED) is 0.339. The standard InChI is InChI=1S/C11H12ClN.C11H12FN/c2*1-7-4-5-10-11(8(7)2)9(12)6-13(10)3/h2*4-6H,1-3H3. The van der Waals surface area contributed by atoms with Crippen LogP contribution in [0.5, 0.6) is 0 Å². The lowest BCUT2D eigenvalue weighted by atomic mass is 10.1. The minimum absolute atomic E-state index is 0.126. The molecule has 0 aliphatic rings. The molecule has 0 spiro atoms. The van der Waals surface area contributed by atoms with Crippen LogP contribution in [0.25, 0.3) is 21.8 Å². The van der Waals surface area contributed by atoms with Gasteiger partial charge in [-0.05, 0) is 62.1 Å². The van der Waals surface area contributed by atoms with E-state index in [4.69, 9.17) is 11.6 Å². The molecule has 0 atom stereocenters. The molecular formula is C22H24ClFN2. The Hall–Kier alpha value is -2.26. The third-order valence-electron chi connectivity index (χ3n) is 5.28. The average molecular weight is 371 g/mol. The Kier molecular flexibility index (Phi) is 4.85. The molecule has 2 heterocycles. The molecule has 2 aromatic carbocycles. The maximum absolute atomic E-state index is 13.4. The van der Waals surface area contributed by atoms with Crippen LogP contribution in [0, 0.1) is 33.5 Å². The number of aryl methyl sites for hydroxylation is 6. The largest absolute Gasteiger partial charge is 0.349 e. The van der Waals surface area contributed by atoms with E-state index < -0.39 is 0 Å². The van der Waals surface area contributed by atoms with E-state index in [-0.39, 0.29) is 5.82 Å². The molecule has 0 saturated heterocycles. The van der Waals surface area contributed by atoms with E-state index in [0.29, 0.717) is 0 Å². The SMILES string of the molecule is Cc1ccc2c(c(Cl)cn2C)c1C.Cc1ccc2c(c(F)cn2C)c1C. The van der Waals surface area contributed by atoms with Crippen molar-refractivity contribution in [3.8, 4) is 0 Å². The highest BCUT2D eigenvalue weighted by Gasteiger charge is 2.09. The number of hydrogen-bond donors (Lipinski definition) is 0. The highest BCUT2D eigenvalue weighted by atomic mass is 35.5. The molecule has 4 rings (SSSR count). The van der Waals surface area contributed by atoms with Crippen molar-refractivity contribution in [2.75, 3.05) is 0 Å². The third-order valence-corrected chi connectivity index (χ3v) is 5.57. The highest BCUT2D eigenvalue weighted by Crippen LogP contribution is 2.29. The highest BCUT2D eigenvalue weighted by molar-refractivity contribution is 6.36. The summed E-state index contributed by atoms with van der Waals surface area (Å²) < 4.78 is 17.3. The first-order chi connectivity index (χ1) is 12.2. The molecule has 136 valence electrons. The minimum Gasteiger partial charge on any atom is -0.349 e. The van der Waals surface area contributed by atoms with Gasteiger partial charge in [0.2, 0.25) is 0 Å². The Morgan fingerprint density at radius 1 is 0.731 bits per heavy atom. The topological polar surface area (TPSA) is 9.86 Å². The molecule has 0 bridgehead atoms. The lowest BCUT2D eigenvalue weighted by Gasteiger charge is -2.02. The maximum Gasteiger partial charge on any atom is 0.148 e. The molecule has 0 N–H and O–H groups in total. The van der Waals surface area contributed by atoms with Crippen LogP contribution in [0.4, 0.5) is 4.39 Å². The van der Waals surface area contributed by atoms with Crippen molar-refractivity contribution >= 4 is 33.4 Å². The molecule has 0 radical (unpaired) electrons. The van der Waals surface area contributed by atoms with E-state index in [2.05, 4.69) is 30.5 Å². The number of benzene rings is 2. The van der Waals surface area contributed by atoms with Gasteiger partial charge in [-0.2, -0.15) is 0 Å². The van der Waals surface area contributed by atoms with E-state index in [0.717, 1.165) is 27.1 Å². The first-order valence-corrected chi connectivity index (χ1v) is 9.01. The van der Waals surface area contributed by atoms with Gasteiger partial charge in [0.1, 0.15) is 5.82 Å². The van der Waals surface area contributed by atoms with E-state index in [9.17, 15) is 4.39 Å². The van der Waals surface area contributed by atoms with Crippen LogP contribution in [-0.2, 0) is 14.1 Å². The first kappa shape index (κ1) is 18.5. The normalized spacial score (nSPS) is 11.1. The molecule has 0 saturated carbocycles. The van der Waals surface area contributed by atoms with Crippen LogP contribution in [0.2, 0.25) is 5.02 Å². The van der Waals surface area contributed by atoms with E-state index in [1.54, 1.807) is 0 Å². The van der Waals surface area contributed by atoms with Gasteiger partial charge < -0.3 is 9.13 Å². The van der Waals surface area contributed by atoms with Crippen molar-refractivity contribution in [2.24, 2.45) is 14.1 Å². The van der Waals surface area contributed by atoms with Crippen molar-refractivity contribution in [2.45, 2.75) is 27.7 Å². The molecule has 2 nitrogen and oxygen atoms in total. The predicted molar refractivity (Wildman–Crippen MR) is 110 cm³/mol. The molecule has 4 heteroatoms. The fourth-order valence-corrected chi connectivity index (χ4v) is 3.79. The van der Waals surface area contributed by atoms with Gasteiger partial charge in [-0.25, -0.2) is 4.39 Å². The minimum atomic E-state index is -0.126. The van der Waals surface area contributed by atoms with Crippen molar-refractivity contribution in [3.05, 3.63) is 69.8 Å². The number of nitrogens with zero attached hydrogens (tertiary/aromatic N) is 2. The van der Waals surface area contributed by atoms with Gasteiger partial charge in [0.15, 0.2) is 0 Å². The number of rotatable bonds is 0. The summed E-state index contributed by atoms with van der Waals surface area (Å²) in [6.45, 7) is 8.18. The van der Waals surface area contributed by atoms with Crippen LogP contribution in [-0.4, -0.2) is 9.13 Å². The predicted octanol–water partition coefficient (Wildman–Crippen LogP) is 6.38. The van der Waals surface area contributed by atoms with Gasteiger partial charge >= 0.3 is 0 Å². The van der Waals surface area contributed by atoms with Gasteiger partial charge in [-0.3, -0.25) is 0 Å². The van der Waals surface area contributed by atoms with Crippen molar-refractivity contribution < 1.29 is 4.39 Å². The second-order valence-corrected chi connectivity index (χ2v) is 7.39. The summed E-state index contributed by atoms with van der Waals surface area (Å²) in [5.41, 5.74) is 6.91. The van der Waals surface area contributed by atoms with Gasteiger partial charge in [-0.1, -0.05) is 23.7 Å². The second-order valence-electron chi connectivity index (χ2n) is 6.98. The van der Waals surface area contributed by atoms with Crippen molar-refractivity contribution in [3.63, 3.8) is 0 Å². The van der Waals surface area contributed by atoms with Crippen LogP contribution in [0.15, 0.2) is 36.7 Å². The number of hydrogen-bond acceptors (Lipinski definition) is 0. The van der Waals surface area contributed by atoms with Crippen LogP contribution in [0.1, 0.15) is 22.3 Å². The lowest BCUT2D eigenvalue weighted by Crippen LogP contribution is -1.86. The third kappa shape index (κ3) is 3.01. The Morgan fingerprint density at radius 3 is 1.77 bits per heavy atom. The lowest BCUT2D eigenvalue weighted by molar-refractivity contribution is 0.633. The number of aromatic nitrogens is 2. The fraction of sp³-hybridized carbons (Fsp3) is 0.273. The molecule has 0 fully saturated rings. The van der Waals surface area contributed by atoms with E-state index >= 15 is 0 Å². The Labute approximate surface area is 158 Å². The first-order valence-electron chi connectivity index (χ1n) is 8.63. The summed E-state index contributed by atoms with van der Waals surface area (Å²) in [5, 5.41) is 2.78. The van der Waals surface area contributed by atoms with Gasteiger partial charge in [0.25, 0.3) is 0 Å². The van der Waals surface area contributed by atoms with Crippen molar-refractivity contribution in [1.29, 1.82) is 0 Å². The average Bonchev–Trinajstić information content (AvgIpc) is 3.04. The summed E-state index contributed by atoms with van der Waals surface area (Å²) in [6.07, 6.45) is 3.48. The van der Waals surface area contributed by atoms with Crippen LogP contribution < -0.4 is 0 Å². The smallest absolute Gasteiger partial charge is 0.148 e. The molecule has 0 aliphatic carbocycles. The van der Waals surface area contributed by atoms with Crippen LogP contribution >= 0.6 is 11.6 Å². The maximum atomic E-state index is 13.4. The van der Waals surface area contributed by atoms with Gasteiger partial charge in [-0.15, -0.1) is 0 Å². The molecule has 26 heavy (non-hydrogen) atoms. The Bertz CT molecular complexity index is 1030. The number of fused-ring (bicyclic) bond motifs is 2. The summed E-state index contributed by atoms with van der Waals surface area (Å²) >= 11 is 6.13. The Balaban J connectivity index is 0.000000151. The van der Waals surface area contributed by atoms with Crippen LogP contribution in [0.3, 0.4) is 0 Å². The molecule has 2 aromatic heterocycles. The van der Waals surface area contributed by atoms with Gasteiger partial charge in [0.05, 0.1) is 10.5 Å². The fourth-order valence-electron chi connectivity index (χ4n) is 3.40. The molecule has 0 unspecified atom stereocenters. The number of halogens is 2. The summed E-state index contributed by atoms with van der Waals surface area (Å²) in [5.74, 6) is -0.126. The van der Waals surface area contributed by atoms with E-state index in [1.807, 2.05) is 50.8 Å². The molecular weight excluding hydrogens is 347 g/mol. The Morgan fingerprint density at radius 2 is 1.19 bits per heavy atom. The summed E-state index contributed by atoms with van der Waals surface area (Å²) in [7, 11) is 3.88. The molecule has 0 aliphatic heterocycles. The second kappa shape index (κ2) is 6.81. The zero-order valence-electron chi connectivity index (χ0n) is 16.1. The zero-order valence-corrected chi connectivity index (χ0v) is 16.9.